The number of amides is 1. The van der Waals surface area contributed by atoms with Gasteiger partial charge in [0.25, 0.3) is 0 Å². The molecule has 0 bridgehead atoms. The number of hydrogen-bond acceptors (Lipinski definition) is 3. The Morgan fingerprint density at radius 2 is 1.89 bits per heavy atom. The predicted molar refractivity (Wildman–Crippen MR) is 75.1 cm³/mol. The highest BCUT2D eigenvalue weighted by molar-refractivity contribution is 5.79. The average Bonchev–Trinajstić information content (AvgIpc) is 2.23. The van der Waals surface area contributed by atoms with Crippen LogP contribution in [0.2, 0.25) is 0 Å². The third kappa shape index (κ3) is 6.36. The van der Waals surface area contributed by atoms with Crippen molar-refractivity contribution in [2.24, 2.45) is 23.0 Å². The van der Waals surface area contributed by atoms with Crippen molar-refractivity contribution in [2.75, 3.05) is 13.2 Å². The Labute approximate surface area is 111 Å². The SMILES string of the molecule is CC(C)CC(CN)C(=O)NC(CCO)C(C)(C)C. The molecule has 0 rings (SSSR count). The summed E-state index contributed by atoms with van der Waals surface area (Å²) in [4.78, 5) is 12.2. The van der Waals surface area contributed by atoms with Crippen LogP contribution in [0.1, 0.15) is 47.5 Å². The van der Waals surface area contributed by atoms with Crippen LogP contribution in [0.4, 0.5) is 0 Å². The summed E-state index contributed by atoms with van der Waals surface area (Å²) in [7, 11) is 0. The molecule has 0 spiro atoms. The Morgan fingerprint density at radius 1 is 1.33 bits per heavy atom. The molecule has 0 aromatic carbocycles. The number of rotatable bonds is 7. The van der Waals surface area contributed by atoms with Crippen molar-refractivity contribution in [3.05, 3.63) is 0 Å². The van der Waals surface area contributed by atoms with E-state index < -0.39 is 0 Å². The molecule has 4 N–H and O–H groups in total. The minimum Gasteiger partial charge on any atom is -0.396 e. The summed E-state index contributed by atoms with van der Waals surface area (Å²) >= 11 is 0. The fraction of sp³-hybridized carbons (Fsp3) is 0.929. The highest BCUT2D eigenvalue weighted by atomic mass is 16.3. The lowest BCUT2D eigenvalue weighted by Crippen LogP contribution is -2.48. The summed E-state index contributed by atoms with van der Waals surface area (Å²) in [5, 5.41) is 12.1. The van der Waals surface area contributed by atoms with E-state index in [4.69, 9.17) is 10.8 Å². The van der Waals surface area contributed by atoms with Crippen molar-refractivity contribution >= 4 is 5.91 Å². The Bertz CT molecular complexity index is 247. The van der Waals surface area contributed by atoms with E-state index >= 15 is 0 Å². The first-order valence-corrected chi connectivity index (χ1v) is 6.83. The highest BCUT2D eigenvalue weighted by Gasteiger charge is 2.28. The monoisotopic (exact) mass is 258 g/mol. The first-order valence-electron chi connectivity index (χ1n) is 6.83. The maximum Gasteiger partial charge on any atom is 0.224 e. The van der Waals surface area contributed by atoms with Crippen molar-refractivity contribution < 1.29 is 9.90 Å². The molecule has 1 amide bonds. The van der Waals surface area contributed by atoms with Crippen LogP contribution in [0.15, 0.2) is 0 Å². The molecule has 2 atom stereocenters. The molecule has 4 heteroatoms. The zero-order valence-electron chi connectivity index (χ0n) is 12.5. The topological polar surface area (TPSA) is 75.4 Å². The standard InChI is InChI=1S/C14H30N2O2/c1-10(2)8-11(9-15)13(18)16-12(6-7-17)14(3,4)5/h10-12,17H,6-9,15H2,1-5H3,(H,16,18). The Hall–Kier alpha value is -0.610. The van der Waals surface area contributed by atoms with E-state index in [0.29, 0.717) is 18.9 Å². The van der Waals surface area contributed by atoms with E-state index in [-0.39, 0.29) is 29.9 Å². The number of nitrogens with two attached hydrogens (primary N) is 1. The third-order valence-electron chi connectivity index (χ3n) is 3.19. The van der Waals surface area contributed by atoms with Gasteiger partial charge in [0, 0.05) is 19.2 Å². The van der Waals surface area contributed by atoms with Crippen LogP contribution in [0.5, 0.6) is 0 Å². The molecule has 0 radical (unpaired) electrons. The molecule has 0 aromatic rings. The highest BCUT2D eigenvalue weighted by Crippen LogP contribution is 2.22. The van der Waals surface area contributed by atoms with Crippen LogP contribution < -0.4 is 11.1 Å². The van der Waals surface area contributed by atoms with E-state index in [1.54, 1.807) is 0 Å². The van der Waals surface area contributed by atoms with Gasteiger partial charge in [-0.25, -0.2) is 0 Å². The number of nitrogens with one attached hydrogen (secondary N) is 1. The second-order valence-electron chi connectivity index (χ2n) is 6.50. The zero-order chi connectivity index (χ0) is 14.3. The normalized spacial score (nSPS) is 15.6. The number of carbonyl (C=O) groups excluding carboxylic acids is 1. The molecular formula is C14H30N2O2. The fourth-order valence-corrected chi connectivity index (χ4v) is 2.02. The maximum atomic E-state index is 12.2. The van der Waals surface area contributed by atoms with E-state index in [9.17, 15) is 4.79 Å². The summed E-state index contributed by atoms with van der Waals surface area (Å²) in [5.41, 5.74) is 5.61. The Kier molecular flexibility index (Phi) is 7.48. The molecule has 18 heavy (non-hydrogen) atoms. The molecule has 4 nitrogen and oxygen atoms in total. The third-order valence-corrected chi connectivity index (χ3v) is 3.19. The Morgan fingerprint density at radius 3 is 2.22 bits per heavy atom. The first kappa shape index (κ1) is 17.4. The number of aliphatic hydroxyl groups excluding tert-OH is 1. The van der Waals surface area contributed by atoms with Crippen LogP contribution in [0.25, 0.3) is 0 Å². The maximum absolute atomic E-state index is 12.2. The second kappa shape index (κ2) is 7.74. The van der Waals surface area contributed by atoms with E-state index in [1.165, 1.54) is 0 Å². The molecule has 2 unspecified atom stereocenters. The smallest absolute Gasteiger partial charge is 0.224 e. The number of hydrogen-bond donors (Lipinski definition) is 3. The largest absolute Gasteiger partial charge is 0.396 e. The van der Waals surface area contributed by atoms with Gasteiger partial charge in [-0.15, -0.1) is 0 Å². The van der Waals surface area contributed by atoms with Crippen LogP contribution >= 0.6 is 0 Å². The van der Waals surface area contributed by atoms with Gasteiger partial charge in [-0.2, -0.15) is 0 Å². The van der Waals surface area contributed by atoms with Crippen molar-refractivity contribution in [1.82, 2.24) is 5.32 Å². The zero-order valence-corrected chi connectivity index (χ0v) is 12.5. The molecule has 0 aliphatic heterocycles. The van der Waals surface area contributed by atoms with Crippen LogP contribution in [0, 0.1) is 17.3 Å². The minimum absolute atomic E-state index is 0.0135. The number of aliphatic hydroxyl groups is 1. The summed E-state index contributed by atoms with van der Waals surface area (Å²) in [5.74, 6) is 0.336. The number of carbonyl (C=O) groups is 1. The van der Waals surface area contributed by atoms with Crippen molar-refractivity contribution in [1.29, 1.82) is 0 Å². The molecular weight excluding hydrogens is 228 g/mol. The molecule has 0 aromatic heterocycles. The lowest BCUT2D eigenvalue weighted by Gasteiger charge is -2.32. The van der Waals surface area contributed by atoms with Crippen molar-refractivity contribution in [2.45, 2.75) is 53.5 Å². The van der Waals surface area contributed by atoms with Crippen molar-refractivity contribution in [3.63, 3.8) is 0 Å². The molecule has 0 fully saturated rings. The average molecular weight is 258 g/mol. The van der Waals surface area contributed by atoms with Gasteiger partial charge in [-0.1, -0.05) is 34.6 Å². The molecule has 0 heterocycles. The molecule has 0 saturated heterocycles. The summed E-state index contributed by atoms with van der Waals surface area (Å²) in [6, 6.07) is -0.0174. The van der Waals surface area contributed by atoms with Gasteiger partial charge in [0.1, 0.15) is 0 Å². The van der Waals surface area contributed by atoms with E-state index in [2.05, 4.69) is 39.9 Å². The quantitative estimate of drug-likeness (QED) is 0.648. The van der Waals surface area contributed by atoms with Gasteiger partial charge in [0.05, 0.1) is 5.92 Å². The fourth-order valence-electron chi connectivity index (χ4n) is 2.02. The van der Waals surface area contributed by atoms with E-state index in [1.807, 2.05) is 0 Å². The lowest BCUT2D eigenvalue weighted by atomic mass is 9.84. The summed E-state index contributed by atoms with van der Waals surface area (Å²) in [6.07, 6.45) is 1.38. The van der Waals surface area contributed by atoms with Gasteiger partial charge < -0.3 is 16.2 Å². The molecule has 0 aliphatic rings. The summed E-state index contributed by atoms with van der Waals surface area (Å²) < 4.78 is 0. The predicted octanol–water partition coefficient (Wildman–Crippen LogP) is 1.52. The molecule has 0 saturated carbocycles. The summed E-state index contributed by atoms with van der Waals surface area (Å²) in [6.45, 7) is 10.8. The van der Waals surface area contributed by atoms with Gasteiger partial charge in [-0.3, -0.25) is 4.79 Å². The van der Waals surface area contributed by atoms with Gasteiger partial charge in [0.2, 0.25) is 5.91 Å². The lowest BCUT2D eigenvalue weighted by molar-refractivity contribution is -0.126. The molecule has 108 valence electrons. The van der Waals surface area contributed by atoms with Gasteiger partial charge >= 0.3 is 0 Å². The van der Waals surface area contributed by atoms with Crippen LogP contribution in [-0.2, 0) is 4.79 Å². The Balaban J connectivity index is 4.56. The van der Waals surface area contributed by atoms with E-state index in [0.717, 1.165) is 6.42 Å². The minimum atomic E-state index is -0.131. The van der Waals surface area contributed by atoms with Crippen LogP contribution in [0.3, 0.4) is 0 Å². The van der Waals surface area contributed by atoms with Crippen molar-refractivity contribution in [3.8, 4) is 0 Å². The molecule has 0 aliphatic carbocycles. The first-order chi connectivity index (χ1) is 8.22. The van der Waals surface area contributed by atoms with Gasteiger partial charge in [-0.05, 0) is 24.2 Å². The second-order valence-corrected chi connectivity index (χ2v) is 6.50. The van der Waals surface area contributed by atoms with Gasteiger partial charge in [0.15, 0.2) is 0 Å². The van der Waals surface area contributed by atoms with Crippen LogP contribution in [-0.4, -0.2) is 30.2 Å².